The van der Waals surface area contributed by atoms with Gasteiger partial charge in [-0.3, -0.25) is 4.90 Å². The van der Waals surface area contributed by atoms with E-state index < -0.39 is 0 Å². The molecule has 0 aliphatic rings. The molecule has 0 amide bonds. The van der Waals surface area contributed by atoms with Crippen molar-refractivity contribution < 1.29 is 8.94 Å². The molecule has 0 saturated heterocycles. The van der Waals surface area contributed by atoms with E-state index in [-0.39, 0.29) is 0 Å². The van der Waals surface area contributed by atoms with Crippen molar-refractivity contribution in [3.63, 3.8) is 0 Å². The fourth-order valence-electron chi connectivity index (χ4n) is 2.90. The number of furan rings is 1. The number of hydrogen-bond donors (Lipinski definition) is 0. The lowest BCUT2D eigenvalue weighted by Crippen LogP contribution is -2.17. The molecule has 2 aromatic carbocycles. The first kappa shape index (κ1) is 14.7. The van der Waals surface area contributed by atoms with Gasteiger partial charge in [0.25, 0.3) is 0 Å². The molecule has 4 nitrogen and oxygen atoms in total. The maximum atomic E-state index is 5.35. The van der Waals surface area contributed by atoms with E-state index in [0.29, 0.717) is 11.5 Å². The van der Waals surface area contributed by atoms with Crippen molar-refractivity contribution in [2.24, 2.45) is 0 Å². The molecule has 4 aromatic rings. The molecule has 0 atom stereocenters. The van der Waals surface area contributed by atoms with Crippen molar-refractivity contribution in [1.29, 1.82) is 0 Å². The number of rotatable bonds is 5. The van der Waals surface area contributed by atoms with Crippen molar-refractivity contribution in [1.82, 2.24) is 10.1 Å². The van der Waals surface area contributed by atoms with E-state index in [9.17, 15) is 0 Å². The van der Waals surface area contributed by atoms with E-state index in [0.717, 1.165) is 18.8 Å². The maximum absolute atomic E-state index is 5.35. The fourth-order valence-corrected chi connectivity index (χ4v) is 2.90. The van der Waals surface area contributed by atoms with E-state index in [1.54, 1.807) is 6.26 Å². The topological polar surface area (TPSA) is 42.4 Å². The van der Waals surface area contributed by atoms with Crippen molar-refractivity contribution in [3.8, 4) is 11.5 Å². The number of nitrogens with zero attached hydrogens (tertiary/aromatic N) is 2. The van der Waals surface area contributed by atoms with Crippen LogP contribution >= 0.6 is 0 Å². The highest BCUT2D eigenvalue weighted by Gasteiger charge is 2.11. The van der Waals surface area contributed by atoms with E-state index >= 15 is 0 Å². The van der Waals surface area contributed by atoms with Crippen molar-refractivity contribution in [2.45, 2.75) is 13.1 Å². The molecule has 0 bridgehead atoms. The van der Waals surface area contributed by atoms with Gasteiger partial charge in [-0.05, 0) is 41.6 Å². The lowest BCUT2D eigenvalue weighted by molar-refractivity contribution is 0.304. The summed E-state index contributed by atoms with van der Waals surface area (Å²) >= 11 is 0. The van der Waals surface area contributed by atoms with Crippen LogP contribution < -0.4 is 0 Å². The van der Waals surface area contributed by atoms with Crippen molar-refractivity contribution >= 4 is 10.8 Å². The molecule has 2 aromatic heterocycles. The molecule has 0 unspecified atom stereocenters. The van der Waals surface area contributed by atoms with Gasteiger partial charge in [0.2, 0.25) is 5.76 Å². The van der Waals surface area contributed by atoms with Gasteiger partial charge in [-0.15, -0.1) is 0 Å². The van der Waals surface area contributed by atoms with Crippen LogP contribution in [0.3, 0.4) is 0 Å². The molecule has 120 valence electrons. The van der Waals surface area contributed by atoms with Crippen LogP contribution in [0.1, 0.15) is 11.3 Å². The van der Waals surface area contributed by atoms with E-state index in [1.165, 1.54) is 16.3 Å². The molecule has 4 heteroatoms. The number of benzene rings is 2. The summed E-state index contributed by atoms with van der Waals surface area (Å²) in [6, 6.07) is 20.6. The van der Waals surface area contributed by atoms with Gasteiger partial charge < -0.3 is 8.94 Å². The van der Waals surface area contributed by atoms with E-state index in [1.807, 2.05) is 18.2 Å². The van der Waals surface area contributed by atoms with Gasteiger partial charge >= 0.3 is 0 Å². The average molecular weight is 318 g/mol. The summed E-state index contributed by atoms with van der Waals surface area (Å²) in [5.41, 5.74) is 2.18. The molecule has 0 saturated carbocycles. The van der Waals surface area contributed by atoms with Gasteiger partial charge in [-0.2, -0.15) is 0 Å². The van der Waals surface area contributed by atoms with Gasteiger partial charge in [0, 0.05) is 19.2 Å². The average Bonchev–Trinajstić information content (AvgIpc) is 3.26. The molecule has 0 fully saturated rings. The maximum Gasteiger partial charge on any atom is 0.202 e. The van der Waals surface area contributed by atoms with Crippen LogP contribution in [0.4, 0.5) is 0 Å². The molecule has 0 N–H and O–H groups in total. The van der Waals surface area contributed by atoms with Gasteiger partial charge in [-0.1, -0.05) is 41.6 Å². The zero-order chi connectivity index (χ0) is 16.4. The third-order valence-electron chi connectivity index (χ3n) is 4.02. The lowest BCUT2D eigenvalue weighted by atomic mass is 10.1. The predicted octanol–water partition coefficient (Wildman–Crippen LogP) is 4.72. The SMILES string of the molecule is CN(Cc1ccc2ccccc2c1)Cc1cc(-c2ccco2)on1. The minimum absolute atomic E-state index is 0.661. The Morgan fingerprint density at radius 3 is 2.58 bits per heavy atom. The molecular weight excluding hydrogens is 300 g/mol. The largest absolute Gasteiger partial charge is 0.461 e. The summed E-state index contributed by atoms with van der Waals surface area (Å²) in [4.78, 5) is 2.22. The second-order valence-electron chi connectivity index (χ2n) is 6.01. The van der Waals surface area contributed by atoms with Gasteiger partial charge in [0.05, 0.1) is 12.0 Å². The predicted molar refractivity (Wildman–Crippen MR) is 93.3 cm³/mol. The summed E-state index contributed by atoms with van der Waals surface area (Å²) in [5.74, 6) is 1.36. The van der Waals surface area contributed by atoms with Crippen LogP contribution in [0, 0.1) is 0 Å². The molecule has 2 heterocycles. The van der Waals surface area contributed by atoms with E-state index in [4.69, 9.17) is 8.94 Å². The van der Waals surface area contributed by atoms with Crippen molar-refractivity contribution in [3.05, 3.63) is 78.2 Å². The molecule has 0 radical (unpaired) electrons. The Hall–Kier alpha value is -2.85. The molecule has 4 rings (SSSR count). The highest BCUT2D eigenvalue weighted by atomic mass is 16.5. The molecule has 24 heavy (non-hydrogen) atoms. The van der Waals surface area contributed by atoms with Crippen LogP contribution in [0.2, 0.25) is 0 Å². The Morgan fingerprint density at radius 1 is 0.875 bits per heavy atom. The second kappa shape index (κ2) is 6.34. The Balaban J connectivity index is 1.45. The van der Waals surface area contributed by atoms with Crippen LogP contribution in [0.15, 0.2) is 75.9 Å². The number of aromatic nitrogens is 1. The zero-order valence-corrected chi connectivity index (χ0v) is 13.5. The third kappa shape index (κ3) is 3.09. The lowest BCUT2D eigenvalue weighted by Gasteiger charge is -2.15. The standard InChI is InChI=1S/C20H18N2O2/c1-22(13-15-8-9-16-5-2-3-6-17(16)11-15)14-18-12-20(24-21-18)19-7-4-10-23-19/h2-12H,13-14H2,1H3. The second-order valence-corrected chi connectivity index (χ2v) is 6.01. The summed E-state index contributed by atoms with van der Waals surface area (Å²) in [7, 11) is 2.08. The minimum Gasteiger partial charge on any atom is -0.461 e. The quantitative estimate of drug-likeness (QED) is 0.534. The third-order valence-corrected chi connectivity index (χ3v) is 4.02. The summed E-state index contributed by atoms with van der Waals surface area (Å²) in [6.07, 6.45) is 1.63. The van der Waals surface area contributed by atoms with Crippen LogP contribution in [-0.2, 0) is 13.1 Å². The molecule has 0 aliphatic heterocycles. The fraction of sp³-hybridized carbons (Fsp3) is 0.150. The molecule has 0 spiro atoms. The summed E-state index contributed by atoms with van der Waals surface area (Å²) in [5, 5.41) is 6.66. The minimum atomic E-state index is 0.661. The first-order chi connectivity index (χ1) is 11.8. The number of fused-ring (bicyclic) bond motifs is 1. The smallest absolute Gasteiger partial charge is 0.202 e. The Kier molecular flexibility index (Phi) is 3.89. The number of hydrogen-bond acceptors (Lipinski definition) is 4. The summed E-state index contributed by atoms with van der Waals surface area (Å²) in [6.45, 7) is 1.57. The van der Waals surface area contributed by atoms with Crippen LogP contribution in [0.5, 0.6) is 0 Å². The Morgan fingerprint density at radius 2 is 1.75 bits per heavy atom. The van der Waals surface area contributed by atoms with E-state index in [2.05, 4.69) is 59.6 Å². The highest BCUT2D eigenvalue weighted by molar-refractivity contribution is 5.82. The first-order valence-corrected chi connectivity index (χ1v) is 7.93. The van der Waals surface area contributed by atoms with Gasteiger partial charge in [0.15, 0.2) is 5.76 Å². The molecule has 0 aliphatic carbocycles. The molecular formula is C20H18N2O2. The monoisotopic (exact) mass is 318 g/mol. The normalized spacial score (nSPS) is 11.4. The highest BCUT2D eigenvalue weighted by Crippen LogP contribution is 2.21. The summed E-state index contributed by atoms with van der Waals surface area (Å²) < 4.78 is 10.7. The Labute approximate surface area is 140 Å². The van der Waals surface area contributed by atoms with Gasteiger partial charge in [-0.25, -0.2) is 0 Å². The van der Waals surface area contributed by atoms with Crippen LogP contribution in [-0.4, -0.2) is 17.1 Å². The Bertz CT molecular complexity index is 941. The van der Waals surface area contributed by atoms with Gasteiger partial charge in [0.1, 0.15) is 0 Å². The zero-order valence-electron chi connectivity index (χ0n) is 13.5. The first-order valence-electron chi connectivity index (χ1n) is 7.93. The van der Waals surface area contributed by atoms with Crippen LogP contribution in [0.25, 0.3) is 22.3 Å². The van der Waals surface area contributed by atoms with Crippen molar-refractivity contribution in [2.75, 3.05) is 7.05 Å².